The normalized spacial score (nSPS) is 25.3. The molecule has 0 bridgehead atoms. The Morgan fingerprint density at radius 3 is 1.48 bits per heavy atom. The molecule has 15 nitrogen and oxygen atoms in total. The fraction of sp³-hybridized carbons (Fsp3) is 0.643. The Morgan fingerprint density at radius 2 is 1.14 bits per heavy atom. The summed E-state index contributed by atoms with van der Waals surface area (Å²) in [5.74, 6) is -5.03. The summed E-state index contributed by atoms with van der Waals surface area (Å²) in [5.41, 5.74) is 0. The van der Waals surface area contributed by atoms with Gasteiger partial charge in [0, 0.05) is 27.7 Å². The summed E-state index contributed by atoms with van der Waals surface area (Å²) < 4.78 is 24.8. The van der Waals surface area contributed by atoms with Crippen LogP contribution in [0.2, 0.25) is 0 Å². The van der Waals surface area contributed by atoms with Gasteiger partial charge < -0.3 is 34.0 Å². The van der Waals surface area contributed by atoms with Crippen molar-refractivity contribution in [3.8, 4) is 0 Å². The van der Waals surface area contributed by atoms with Crippen LogP contribution in [0.25, 0.3) is 0 Å². The van der Waals surface area contributed by atoms with E-state index in [1.807, 2.05) is 0 Å². The Bertz CT molecular complexity index is 657. The van der Waals surface area contributed by atoms with Crippen LogP contribution in [0.15, 0.2) is 0 Å². The maximum absolute atomic E-state index is 11.4. The maximum atomic E-state index is 11.4. The lowest BCUT2D eigenvalue weighted by atomic mass is 9.98. The molecule has 0 unspecified atom stereocenters. The Kier molecular flexibility index (Phi) is 10.0. The molecular formula is C14H19NO14. The van der Waals surface area contributed by atoms with Gasteiger partial charge in [0.1, 0.15) is 0 Å². The molecule has 0 aliphatic carbocycles. The maximum Gasteiger partial charge on any atom is 0.337 e. The zero-order valence-electron chi connectivity index (χ0n) is 15.6. The number of esters is 4. The summed E-state index contributed by atoms with van der Waals surface area (Å²) in [6, 6.07) is 0. The van der Waals surface area contributed by atoms with E-state index in [1.54, 1.807) is 0 Å². The number of carbonyl (C=O) groups is 5. The highest BCUT2D eigenvalue weighted by Crippen LogP contribution is 2.29. The minimum absolute atomic E-state index is 0.849. The van der Waals surface area contributed by atoms with E-state index in [2.05, 4.69) is 0 Å². The first kappa shape index (κ1) is 25.5. The SMILES string of the molecule is CC(=O)O[C@H]1O[C@H](C(=O)O)[C@@H](OC(C)=O)[C@H](OC(C)=O)[C@H]1OC(C)=O.O=[N+]([O-])O. The topological polar surface area (TPSA) is 215 Å². The lowest BCUT2D eigenvalue weighted by molar-refractivity contribution is -0.742. The van der Waals surface area contributed by atoms with Crippen LogP contribution in [0.3, 0.4) is 0 Å². The van der Waals surface area contributed by atoms with E-state index in [4.69, 9.17) is 39.0 Å². The van der Waals surface area contributed by atoms with Crippen LogP contribution in [0.4, 0.5) is 0 Å². The van der Waals surface area contributed by atoms with Gasteiger partial charge in [-0.25, -0.2) is 4.79 Å². The highest BCUT2D eigenvalue weighted by molar-refractivity contribution is 5.75. The molecule has 15 heteroatoms. The van der Waals surface area contributed by atoms with Gasteiger partial charge in [-0.05, 0) is 0 Å². The average Bonchev–Trinajstić information content (AvgIpc) is 2.50. The summed E-state index contributed by atoms with van der Waals surface area (Å²) in [6.07, 6.45) is -8.24. The highest BCUT2D eigenvalue weighted by Gasteiger charge is 2.55. The lowest BCUT2D eigenvalue weighted by Gasteiger charge is -2.42. The molecule has 0 spiro atoms. The van der Waals surface area contributed by atoms with E-state index in [-0.39, 0.29) is 0 Å². The first-order valence-corrected chi connectivity index (χ1v) is 7.66. The Hall–Kier alpha value is -3.49. The average molecular weight is 425 g/mol. The molecule has 0 aromatic rings. The second kappa shape index (κ2) is 11.4. The van der Waals surface area contributed by atoms with Gasteiger partial charge in [-0.2, -0.15) is 0 Å². The van der Waals surface area contributed by atoms with E-state index in [0.717, 1.165) is 27.7 Å². The largest absolute Gasteiger partial charge is 0.479 e. The number of ether oxygens (including phenoxy) is 5. The van der Waals surface area contributed by atoms with Gasteiger partial charge >= 0.3 is 29.8 Å². The summed E-state index contributed by atoms with van der Waals surface area (Å²) in [4.78, 5) is 65.0. The van der Waals surface area contributed by atoms with Crippen molar-refractivity contribution >= 4 is 29.8 Å². The van der Waals surface area contributed by atoms with Crippen LogP contribution in [-0.4, -0.2) is 76.0 Å². The molecule has 1 aliphatic heterocycles. The molecule has 0 aromatic carbocycles. The van der Waals surface area contributed by atoms with Crippen LogP contribution in [0.5, 0.6) is 0 Å². The minimum atomic E-state index is -1.83. The smallest absolute Gasteiger partial charge is 0.337 e. The van der Waals surface area contributed by atoms with Crippen LogP contribution in [0, 0.1) is 10.1 Å². The van der Waals surface area contributed by atoms with Crippen molar-refractivity contribution in [2.24, 2.45) is 0 Å². The predicted molar refractivity (Wildman–Crippen MR) is 83.5 cm³/mol. The van der Waals surface area contributed by atoms with Crippen molar-refractivity contribution in [2.45, 2.75) is 58.4 Å². The number of hydrogen-bond acceptors (Lipinski definition) is 12. The Morgan fingerprint density at radius 1 is 0.793 bits per heavy atom. The number of aliphatic carboxylic acids is 1. The summed E-state index contributed by atoms with van der Waals surface area (Å²) in [7, 11) is 0. The Balaban J connectivity index is 0.00000178. The van der Waals surface area contributed by atoms with Gasteiger partial charge in [-0.15, -0.1) is 10.1 Å². The number of carboxylic acids is 1. The van der Waals surface area contributed by atoms with E-state index in [0.29, 0.717) is 0 Å². The molecule has 1 rings (SSSR count). The zero-order chi connectivity index (χ0) is 22.9. The second-order valence-electron chi connectivity index (χ2n) is 5.33. The second-order valence-corrected chi connectivity index (χ2v) is 5.33. The van der Waals surface area contributed by atoms with Crippen LogP contribution < -0.4 is 0 Å². The molecular weight excluding hydrogens is 406 g/mol. The predicted octanol–water partition coefficient (Wildman–Crippen LogP) is -1.19. The van der Waals surface area contributed by atoms with Gasteiger partial charge in [-0.1, -0.05) is 0 Å². The third kappa shape index (κ3) is 9.32. The molecule has 1 saturated heterocycles. The molecule has 1 aliphatic rings. The quantitative estimate of drug-likeness (QED) is 0.229. The minimum Gasteiger partial charge on any atom is -0.479 e. The van der Waals surface area contributed by atoms with E-state index >= 15 is 0 Å². The molecule has 29 heavy (non-hydrogen) atoms. The van der Waals surface area contributed by atoms with Gasteiger partial charge in [0.25, 0.3) is 5.09 Å². The fourth-order valence-electron chi connectivity index (χ4n) is 2.23. The van der Waals surface area contributed by atoms with Gasteiger partial charge in [-0.3, -0.25) is 19.2 Å². The number of nitrogens with zero attached hydrogens (tertiary/aromatic N) is 1. The van der Waals surface area contributed by atoms with Gasteiger partial charge in [0.05, 0.1) is 0 Å². The molecule has 2 N–H and O–H groups in total. The van der Waals surface area contributed by atoms with Crippen molar-refractivity contribution in [1.29, 1.82) is 0 Å². The first-order valence-electron chi connectivity index (χ1n) is 7.66. The number of rotatable bonds is 5. The van der Waals surface area contributed by atoms with Crippen molar-refractivity contribution in [3.05, 3.63) is 10.1 Å². The summed E-state index contributed by atoms with van der Waals surface area (Å²) >= 11 is 0. The van der Waals surface area contributed by atoms with Crippen molar-refractivity contribution < 1.29 is 63.1 Å². The van der Waals surface area contributed by atoms with Gasteiger partial charge in [0.2, 0.25) is 12.4 Å². The van der Waals surface area contributed by atoms with E-state index in [1.165, 1.54) is 0 Å². The van der Waals surface area contributed by atoms with Gasteiger partial charge in [0.15, 0.2) is 18.3 Å². The van der Waals surface area contributed by atoms with Crippen molar-refractivity contribution in [1.82, 2.24) is 0 Å². The van der Waals surface area contributed by atoms with E-state index in [9.17, 15) is 29.1 Å². The van der Waals surface area contributed by atoms with Crippen LogP contribution in [0.1, 0.15) is 27.7 Å². The standard InChI is InChI=1S/C14H18O11.HNO3/c1-5(15)21-9-10(22-6(2)16)12(23-7(3)17)14(24-8(4)18)25-11(9)13(19)20;2-1(3)4/h9-12,14H,1-4H3,(H,19,20);(H,2,3,4)/t9-,10-,11-,12+,14-;/m0./s1. The molecule has 0 saturated carbocycles. The number of carboxylic acid groups (broad SMARTS) is 1. The van der Waals surface area contributed by atoms with Crippen molar-refractivity contribution in [3.63, 3.8) is 0 Å². The molecule has 0 aromatic heterocycles. The number of carbonyl (C=O) groups excluding carboxylic acids is 4. The summed E-state index contributed by atoms with van der Waals surface area (Å²) in [6.45, 7) is 4.06. The number of hydrogen-bond donors (Lipinski definition) is 2. The van der Waals surface area contributed by atoms with Crippen molar-refractivity contribution in [2.75, 3.05) is 0 Å². The third-order valence-electron chi connectivity index (χ3n) is 2.93. The molecule has 1 heterocycles. The third-order valence-corrected chi connectivity index (χ3v) is 2.93. The molecule has 0 radical (unpaired) electrons. The molecule has 0 amide bonds. The summed E-state index contributed by atoms with van der Waals surface area (Å²) in [5, 5.41) is 22.9. The van der Waals surface area contributed by atoms with E-state index < -0.39 is 65.6 Å². The highest BCUT2D eigenvalue weighted by atomic mass is 16.9. The molecule has 164 valence electrons. The zero-order valence-corrected chi connectivity index (χ0v) is 15.6. The monoisotopic (exact) mass is 425 g/mol. The Labute approximate surface area is 162 Å². The molecule has 5 atom stereocenters. The first-order chi connectivity index (χ1) is 13.3. The molecule has 1 fully saturated rings. The van der Waals surface area contributed by atoms with Crippen LogP contribution >= 0.6 is 0 Å². The van der Waals surface area contributed by atoms with Crippen LogP contribution in [-0.2, 0) is 47.7 Å². The fourth-order valence-corrected chi connectivity index (χ4v) is 2.23. The lowest BCUT2D eigenvalue weighted by Crippen LogP contribution is -2.63.